The lowest BCUT2D eigenvalue weighted by molar-refractivity contribution is -0.148. The zero-order chi connectivity index (χ0) is 19.9. The van der Waals surface area contributed by atoms with Crippen LogP contribution in [0.1, 0.15) is 38.7 Å². The molecule has 28 heavy (non-hydrogen) atoms. The summed E-state index contributed by atoms with van der Waals surface area (Å²) in [6.45, 7) is 4.20. The Morgan fingerprint density at radius 2 is 1.64 bits per heavy atom. The monoisotopic (exact) mass is 379 g/mol. The average molecular weight is 380 g/mol. The molecule has 1 N–H and O–H groups in total. The fourth-order valence-corrected chi connectivity index (χ4v) is 3.84. The average Bonchev–Trinajstić information content (AvgIpc) is 2.71. The molecule has 0 radical (unpaired) electrons. The van der Waals surface area contributed by atoms with Gasteiger partial charge in [0.2, 0.25) is 0 Å². The Hall–Kier alpha value is -2.62. The van der Waals surface area contributed by atoms with Gasteiger partial charge in [-0.2, -0.15) is 0 Å². The van der Waals surface area contributed by atoms with E-state index in [0.717, 1.165) is 29.5 Å². The molecule has 3 atom stereocenters. The molecule has 0 aromatic heterocycles. The number of ether oxygens (including phenoxy) is 1. The van der Waals surface area contributed by atoms with E-state index >= 15 is 0 Å². The van der Waals surface area contributed by atoms with Gasteiger partial charge < -0.3 is 10.1 Å². The predicted octanol–water partition coefficient (Wildman–Crippen LogP) is 4.38. The summed E-state index contributed by atoms with van der Waals surface area (Å²) in [6, 6.07) is 18.1. The normalized spacial score (nSPS) is 21.7. The number of carbonyl (C=O) groups is 2. The lowest BCUT2D eigenvalue weighted by atomic mass is 9.78. The molecule has 1 aliphatic carbocycles. The van der Waals surface area contributed by atoms with Crippen LogP contribution in [0.15, 0.2) is 54.6 Å². The molecule has 0 heterocycles. The van der Waals surface area contributed by atoms with Crippen molar-refractivity contribution in [3.8, 4) is 11.1 Å². The van der Waals surface area contributed by atoms with Gasteiger partial charge >= 0.3 is 5.97 Å². The first-order chi connectivity index (χ1) is 13.5. The summed E-state index contributed by atoms with van der Waals surface area (Å²) in [6.07, 6.45) is 3.51. The van der Waals surface area contributed by atoms with Crippen LogP contribution >= 0.6 is 0 Å². The lowest BCUT2D eigenvalue weighted by Gasteiger charge is -2.34. The van der Waals surface area contributed by atoms with Gasteiger partial charge in [-0.25, -0.2) is 0 Å². The SMILES string of the molecule is C[C@H]1[C@@H](NC(=O)COC(=O)Cc2ccc(-c3ccccc3)cc2)CCC[C@@H]1C. The number of nitrogens with one attached hydrogen (secondary N) is 1. The third-order valence-electron chi connectivity index (χ3n) is 5.83. The Morgan fingerprint density at radius 1 is 0.964 bits per heavy atom. The predicted molar refractivity (Wildman–Crippen MR) is 111 cm³/mol. The quantitative estimate of drug-likeness (QED) is 0.758. The topological polar surface area (TPSA) is 55.4 Å². The van der Waals surface area contributed by atoms with Crippen molar-refractivity contribution in [2.45, 2.75) is 45.6 Å². The lowest BCUT2D eigenvalue weighted by Crippen LogP contribution is -2.45. The second-order valence-corrected chi connectivity index (χ2v) is 7.84. The standard InChI is InChI=1S/C24H29NO3/c1-17-7-6-10-22(18(17)2)25-23(26)16-28-24(27)15-19-11-13-21(14-12-19)20-8-4-3-5-9-20/h3-5,8-9,11-14,17-18,22H,6-7,10,15-16H2,1-2H3,(H,25,26)/t17-,18+,22-/m0/s1. The maximum atomic E-state index is 12.1. The molecular weight excluding hydrogens is 350 g/mol. The van der Waals surface area contributed by atoms with Gasteiger partial charge in [0.1, 0.15) is 0 Å². The molecule has 0 unspecified atom stereocenters. The van der Waals surface area contributed by atoms with Crippen molar-refractivity contribution in [2.75, 3.05) is 6.61 Å². The van der Waals surface area contributed by atoms with Crippen molar-refractivity contribution in [1.82, 2.24) is 5.32 Å². The Labute approximate surface area is 167 Å². The molecule has 3 rings (SSSR count). The van der Waals surface area contributed by atoms with E-state index in [1.54, 1.807) is 0 Å². The van der Waals surface area contributed by atoms with Gasteiger partial charge in [0.25, 0.3) is 5.91 Å². The van der Waals surface area contributed by atoms with Gasteiger partial charge in [-0.3, -0.25) is 9.59 Å². The number of benzene rings is 2. The van der Waals surface area contributed by atoms with E-state index in [2.05, 4.69) is 31.3 Å². The van der Waals surface area contributed by atoms with Crippen molar-refractivity contribution >= 4 is 11.9 Å². The van der Waals surface area contributed by atoms with Crippen molar-refractivity contribution in [3.05, 3.63) is 60.2 Å². The fourth-order valence-electron chi connectivity index (χ4n) is 3.84. The number of rotatable bonds is 6. The Balaban J connectivity index is 1.44. The molecule has 4 nitrogen and oxygen atoms in total. The summed E-state index contributed by atoms with van der Waals surface area (Å²) in [4.78, 5) is 24.2. The first-order valence-electron chi connectivity index (χ1n) is 10.1. The smallest absolute Gasteiger partial charge is 0.310 e. The van der Waals surface area contributed by atoms with Crippen molar-refractivity contribution in [2.24, 2.45) is 11.8 Å². The third-order valence-corrected chi connectivity index (χ3v) is 5.83. The van der Waals surface area contributed by atoms with Crippen LogP contribution in [-0.2, 0) is 20.7 Å². The second kappa shape index (κ2) is 9.54. The molecule has 0 saturated heterocycles. The van der Waals surface area contributed by atoms with Crippen LogP contribution in [0.4, 0.5) is 0 Å². The largest absolute Gasteiger partial charge is 0.455 e. The maximum absolute atomic E-state index is 12.1. The molecule has 2 aromatic rings. The number of amides is 1. The first-order valence-corrected chi connectivity index (χ1v) is 10.1. The van der Waals surface area contributed by atoms with Gasteiger partial charge in [0, 0.05) is 6.04 Å². The molecule has 0 aliphatic heterocycles. The minimum atomic E-state index is -0.382. The van der Waals surface area contributed by atoms with E-state index in [4.69, 9.17) is 4.74 Å². The highest BCUT2D eigenvalue weighted by Crippen LogP contribution is 2.29. The summed E-state index contributed by atoms with van der Waals surface area (Å²) in [5.74, 6) is 0.475. The summed E-state index contributed by atoms with van der Waals surface area (Å²) >= 11 is 0. The van der Waals surface area contributed by atoms with Crippen molar-refractivity contribution < 1.29 is 14.3 Å². The minimum Gasteiger partial charge on any atom is -0.455 e. The molecule has 1 aliphatic rings. The molecule has 4 heteroatoms. The zero-order valence-corrected chi connectivity index (χ0v) is 16.7. The van der Waals surface area contributed by atoms with E-state index in [-0.39, 0.29) is 30.9 Å². The molecule has 2 aromatic carbocycles. The number of carbonyl (C=O) groups excluding carboxylic acids is 2. The summed E-state index contributed by atoms with van der Waals surface area (Å²) in [5, 5.41) is 3.03. The third kappa shape index (κ3) is 5.44. The highest BCUT2D eigenvalue weighted by atomic mass is 16.5. The highest BCUT2D eigenvalue weighted by Gasteiger charge is 2.28. The molecule has 1 fully saturated rings. The summed E-state index contributed by atoms with van der Waals surface area (Å²) < 4.78 is 5.18. The number of hydrogen-bond donors (Lipinski definition) is 1. The van der Waals surface area contributed by atoms with Gasteiger partial charge in [-0.05, 0) is 34.9 Å². The fraction of sp³-hybridized carbons (Fsp3) is 0.417. The Kier molecular flexibility index (Phi) is 6.85. The minimum absolute atomic E-state index is 0.166. The van der Waals surface area contributed by atoms with Crippen LogP contribution < -0.4 is 5.32 Å². The zero-order valence-electron chi connectivity index (χ0n) is 16.7. The summed E-state index contributed by atoms with van der Waals surface area (Å²) in [5.41, 5.74) is 3.12. The van der Waals surface area contributed by atoms with Crippen molar-refractivity contribution in [1.29, 1.82) is 0 Å². The van der Waals surface area contributed by atoms with E-state index in [9.17, 15) is 9.59 Å². The van der Waals surface area contributed by atoms with Gasteiger partial charge in [0.15, 0.2) is 6.61 Å². The van der Waals surface area contributed by atoms with E-state index in [1.807, 2.05) is 42.5 Å². The van der Waals surface area contributed by atoms with Crippen LogP contribution in [0.2, 0.25) is 0 Å². The Morgan fingerprint density at radius 3 is 2.36 bits per heavy atom. The number of esters is 1. The Bertz CT molecular complexity index is 785. The van der Waals surface area contributed by atoms with Crippen molar-refractivity contribution in [3.63, 3.8) is 0 Å². The molecule has 148 valence electrons. The van der Waals surface area contributed by atoms with Crippen LogP contribution in [0.5, 0.6) is 0 Å². The van der Waals surface area contributed by atoms with E-state index in [1.165, 1.54) is 6.42 Å². The van der Waals surface area contributed by atoms with E-state index in [0.29, 0.717) is 11.8 Å². The van der Waals surface area contributed by atoms with Crippen LogP contribution in [0.3, 0.4) is 0 Å². The maximum Gasteiger partial charge on any atom is 0.310 e. The summed E-state index contributed by atoms with van der Waals surface area (Å²) in [7, 11) is 0. The molecule has 1 amide bonds. The number of hydrogen-bond acceptors (Lipinski definition) is 3. The molecular formula is C24H29NO3. The highest BCUT2D eigenvalue weighted by molar-refractivity contribution is 5.81. The van der Waals surface area contributed by atoms with E-state index < -0.39 is 0 Å². The van der Waals surface area contributed by atoms with Gasteiger partial charge in [-0.1, -0.05) is 81.3 Å². The van der Waals surface area contributed by atoms with Gasteiger partial charge in [0.05, 0.1) is 6.42 Å². The van der Waals surface area contributed by atoms with Crippen LogP contribution in [-0.4, -0.2) is 24.5 Å². The molecule has 1 saturated carbocycles. The van der Waals surface area contributed by atoms with Crippen LogP contribution in [0.25, 0.3) is 11.1 Å². The van der Waals surface area contributed by atoms with Crippen LogP contribution in [0, 0.1) is 11.8 Å². The van der Waals surface area contributed by atoms with Gasteiger partial charge in [-0.15, -0.1) is 0 Å². The molecule has 0 bridgehead atoms. The first kappa shape index (κ1) is 20.1. The second-order valence-electron chi connectivity index (χ2n) is 7.84. The molecule has 0 spiro atoms.